The lowest BCUT2D eigenvalue weighted by atomic mass is 9.72. The first kappa shape index (κ1) is 16.9. The lowest BCUT2D eigenvalue weighted by Crippen LogP contribution is -2.70. The maximum absolute atomic E-state index is 12.7. The fourth-order valence-corrected chi connectivity index (χ4v) is 5.01. The van der Waals surface area contributed by atoms with Gasteiger partial charge in [0.25, 0.3) is 5.91 Å². The van der Waals surface area contributed by atoms with Crippen LogP contribution in [0.3, 0.4) is 0 Å². The minimum absolute atomic E-state index is 0.151. The van der Waals surface area contributed by atoms with Gasteiger partial charge in [-0.15, -0.1) is 0 Å². The summed E-state index contributed by atoms with van der Waals surface area (Å²) >= 11 is 0. The number of pyridine rings is 1. The second kappa shape index (κ2) is 6.34. The highest BCUT2D eigenvalue weighted by Gasteiger charge is 2.55. The van der Waals surface area contributed by atoms with Crippen molar-refractivity contribution in [2.45, 2.75) is 50.3 Å². The van der Waals surface area contributed by atoms with E-state index in [0.717, 1.165) is 49.6 Å². The number of aryl methyl sites for hydroxylation is 2. The van der Waals surface area contributed by atoms with Gasteiger partial charge in [-0.1, -0.05) is 0 Å². The van der Waals surface area contributed by atoms with Gasteiger partial charge in [0, 0.05) is 24.4 Å². The van der Waals surface area contributed by atoms with Crippen molar-refractivity contribution in [1.82, 2.24) is 15.0 Å². The number of nitrogens with one attached hydrogen (secondary N) is 2. The van der Waals surface area contributed by atoms with Crippen LogP contribution in [0.4, 0.5) is 0 Å². The third-order valence-electron chi connectivity index (χ3n) is 5.47. The van der Waals surface area contributed by atoms with Crippen LogP contribution in [0, 0.1) is 5.92 Å². The van der Waals surface area contributed by atoms with Crippen molar-refractivity contribution < 1.29 is 17.9 Å². The standard InChI is InChI=1S/C17H23N3O4S/c1-25(22,23)20-15-14(12-6-7-24-16(12)15)19-17(21)11-8-10-4-2-3-5-13(10)18-9-11/h8-9,12,14-16,20H,2-7H2,1H3,(H,19,21)/t12-,14+,15-,16-/m1/s1. The van der Waals surface area contributed by atoms with E-state index in [1.807, 2.05) is 6.07 Å². The average Bonchev–Trinajstić information content (AvgIpc) is 3.01. The molecular formula is C17H23N3O4S. The molecule has 2 fully saturated rings. The molecule has 1 amide bonds. The van der Waals surface area contributed by atoms with E-state index in [-0.39, 0.29) is 24.0 Å². The summed E-state index contributed by atoms with van der Waals surface area (Å²) in [5, 5.41) is 3.00. The predicted octanol–water partition coefficient (Wildman–Crippen LogP) is 0.395. The van der Waals surface area contributed by atoms with Crippen molar-refractivity contribution in [3.8, 4) is 0 Å². The number of rotatable bonds is 4. The van der Waals surface area contributed by atoms with Gasteiger partial charge in [-0.25, -0.2) is 13.1 Å². The van der Waals surface area contributed by atoms with Gasteiger partial charge in [0.05, 0.1) is 30.0 Å². The molecule has 2 N–H and O–H groups in total. The minimum atomic E-state index is -3.36. The van der Waals surface area contributed by atoms with Crippen molar-refractivity contribution in [2.75, 3.05) is 12.9 Å². The second-order valence-corrected chi connectivity index (χ2v) is 9.02. The van der Waals surface area contributed by atoms with Crippen molar-refractivity contribution >= 4 is 15.9 Å². The van der Waals surface area contributed by atoms with Crippen LogP contribution in [-0.4, -0.2) is 50.4 Å². The Kier molecular flexibility index (Phi) is 4.29. The quantitative estimate of drug-likeness (QED) is 0.805. The molecular weight excluding hydrogens is 342 g/mol. The van der Waals surface area contributed by atoms with E-state index in [0.29, 0.717) is 12.2 Å². The monoisotopic (exact) mass is 365 g/mol. The van der Waals surface area contributed by atoms with Gasteiger partial charge in [-0.3, -0.25) is 9.78 Å². The summed E-state index contributed by atoms with van der Waals surface area (Å²) in [6.45, 7) is 0.601. The maximum atomic E-state index is 12.7. The van der Waals surface area contributed by atoms with Crippen LogP contribution in [0.1, 0.15) is 40.9 Å². The molecule has 1 saturated heterocycles. The largest absolute Gasteiger partial charge is 0.376 e. The summed E-state index contributed by atoms with van der Waals surface area (Å²) < 4.78 is 31.4. The molecule has 4 atom stereocenters. The molecule has 136 valence electrons. The van der Waals surface area contributed by atoms with Crippen molar-refractivity contribution in [1.29, 1.82) is 0 Å². The van der Waals surface area contributed by atoms with E-state index < -0.39 is 16.1 Å². The molecule has 0 aromatic carbocycles. The molecule has 8 heteroatoms. The molecule has 0 spiro atoms. The molecule has 4 rings (SSSR count). The molecule has 1 saturated carbocycles. The van der Waals surface area contributed by atoms with E-state index >= 15 is 0 Å². The van der Waals surface area contributed by atoms with Gasteiger partial charge in [0.15, 0.2) is 0 Å². The second-order valence-electron chi connectivity index (χ2n) is 7.24. The highest BCUT2D eigenvalue weighted by Crippen LogP contribution is 2.39. The SMILES string of the molecule is CS(=O)(=O)N[C@@H]1[C@@H](NC(=O)c2cnc3c(c2)CCCC3)[C@H]2CCO[C@H]21. The zero-order valence-corrected chi connectivity index (χ0v) is 15.0. The van der Waals surface area contributed by atoms with E-state index in [4.69, 9.17) is 4.74 Å². The summed E-state index contributed by atoms with van der Waals surface area (Å²) in [5.74, 6) is -0.0367. The van der Waals surface area contributed by atoms with Crippen molar-refractivity contribution in [3.05, 3.63) is 29.1 Å². The zero-order valence-electron chi connectivity index (χ0n) is 14.2. The van der Waals surface area contributed by atoms with Crippen LogP contribution >= 0.6 is 0 Å². The van der Waals surface area contributed by atoms with Crippen LogP contribution in [0.15, 0.2) is 12.3 Å². The highest BCUT2D eigenvalue weighted by molar-refractivity contribution is 7.88. The zero-order chi connectivity index (χ0) is 17.6. The molecule has 2 heterocycles. The lowest BCUT2D eigenvalue weighted by Gasteiger charge is -2.47. The summed E-state index contributed by atoms with van der Waals surface area (Å²) in [5.41, 5.74) is 2.79. The van der Waals surface area contributed by atoms with Crippen LogP contribution in [0.5, 0.6) is 0 Å². The van der Waals surface area contributed by atoms with Gasteiger partial charge in [0.2, 0.25) is 10.0 Å². The third kappa shape index (κ3) is 3.30. The Hall–Kier alpha value is -1.51. The Morgan fingerprint density at radius 2 is 2.08 bits per heavy atom. The van der Waals surface area contributed by atoms with Crippen LogP contribution in [0.25, 0.3) is 0 Å². The number of ether oxygens (including phenoxy) is 1. The molecule has 1 aliphatic heterocycles. The van der Waals surface area contributed by atoms with E-state index in [1.165, 1.54) is 0 Å². The molecule has 0 bridgehead atoms. The Morgan fingerprint density at radius 3 is 2.88 bits per heavy atom. The van der Waals surface area contributed by atoms with Crippen LogP contribution < -0.4 is 10.0 Å². The van der Waals surface area contributed by atoms with Gasteiger partial charge in [0.1, 0.15) is 0 Å². The smallest absolute Gasteiger partial charge is 0.253 e. The average molecular weight is 365 g/mol. The number of amides is 1. The first-order valence-electron chi connectivity index (χ1n) is 8.80. The Labute approximate surface area is 147 Å². The van der Waals surface area contributed by atoms with Gasteiger partial charge >= 0.3 is 0 Å². The molecule has 7 nitrogen and oxygen atoms in total. The van der Waals surface area contributed by atoms with Gasteiger partial charge in [-0.05, 0) is 43.7 Å². The molecule has 2 aliphatic carbocycles. The summed E-state index contributed by atoms with van der Waals surface area (Å²) in [6, 6.07) is 1.28. The molecule has 0 unspecified atom stereocenters. The first-order valence-corrected chi connectivity index (χ1v) is 10.7. The summed E-state index contributed by atoms with van der Waals surface area (Å²) in [4.78, 5) is 17.1. The Morgan fingerprint density at radius 1 is 1.28 bits per heavy atom. The number of sulfonamides is 1. The summed E-state index contributed by atoms with van der Waals surface area (Å²) in [7, 11) is -3.36. The first-order chi connectivity index (χ1) is 11.9. The normalized spacial score (nSPS) is 30.9. The molecule has 1 aromatic heterocycles. The lowest BCUT2D eigenvalue weighted by molar-refractivity contribution is -0.0194. The molecule has 3 aliphatic rings. The Balaban J connectivity index is 1.49. The number of hydrogen-bond acceptors (Lipinski definition) is 5. The molecule has 1 aromatic rings. The fraction of sp³-hybridized carbons (Fsp3) is 0.647. The van der Waals surface area contributed by atoms with E-state index in [1.54, 1.807) is 6.20 Å². The van der Waals surface area contributed by atoms with E-state index in [9.17, 15) is 13.2 Å². The van der Waals surface area contributed by atoms with Crippen LogP contribution in [-0.2, 0) is 27.6 Å². The molecule has 25 heavy (non-hydrogen) atoms. The summed E-state index contributed by atoms with van der Waals surface area (Å²) in [6.07, 6.45) is 7.65. The van der Waals surface area contributed by atoms with E-state index in [2.05, 4.69) is 15.0 Å². The predicted molar refractivity (Wildman–Crippen MR) is 91.7 cm³/mol. The number of nitrogens with zero attached hydrogens (tertiary/aromatic N) is 1. The van der Waals surface area contributed by atoms with Gasteiger partial charge in [-0.2, -0.15) is 0 Å². The fourth-order valence-electron chi connectivity index (χ4n) is 4.24. The number of fused-ring (bicyclic) bond motifs is 2. The number of carbonyl (C=O) groups is 1. The number of carbonyl (C=O) groups excluding carboxylic acids is 1. The minimum Gasteiger partial charge on any atom is -0.376 e. The van der Waals surface area contributed by atoms with Crippen molar-refractivity contribution in [3.63, 3.8) is 0 Å². The van der Waals surface area contributed by atoms with Crippen molar-refractivity contribution in [2.24, 2.45) is 5.92 Å². The van der Waals surface area contributed by atoms with Crippen LogP contribution in [0.2, 0.25) is 0 Å². The number of hydrogen-bond donors (Lipinski definition) is 2. The third-order valence-corrected chi connectivity index (χ3v) is 6.17. The number of aromatic nitrogens is 1. The molecule has 0 radical (unpaired) electrons. The maximum Gasteiger partial charge on any atom is 0.253 e. The topological polar surface area (TPSA) is 97.4 Å². The Bertz CT molecular complexity index is 795. The van der Waals surface area contributed by atoms with Gasteiger partial charge < -0.3 is 10.1 Å². The highest BCUT2D eigenvalue weighted by atomic mass is 32.2.